The second-order valence-electron chi connectivity index (χ2n) is 2.35. The molecule has 0 aliphatic heterocycles. The van der Waals surface area contributed by atoms with E-state index in [1.807, 2.05) is 0 Å². The largest absolute Gasteiger partial charge is 0.210 e. The first-order chi connectivity index (χ1) is 3.72. The van der Waals surface area contributed by atoms with E-state index < -0.39 is 0 Å². The first-order valence-electron chi connectivity index (χ1n) is 3.09. The fourth-order valence-corrected chi connectivity index (χ4v) is 0.712. The van der Waals surface area contributed by atoms with Crippen LogP contribution in [0.4, 0.5) is 0 Å². The third kappa shape index (κ3) is 2.05. The van der Waals surface area contributed by atoms with Gasteiger partial charge in [-0.1, -0.05) is 20.8 Å². The maximum Gasteiger partial charge on any atom is 0.0726 e. The van der Waals surface area contributed by atoms with Crippen LogP contribution in [-0.2, 0) is 0 Å². The highest BCUT2D eigenvalue weighted by Crippen LogP contribution is 2.08. The van der Waals surface area contributed by atoms with E-state index in [-0.39, 0.29) is 6.04 Å². The van der Waals surface area contributed by atoms with E-state index in [4.69, 9.17) is 5.53 Å². The lowest BCUT2D eigenvalue weighted by Gasteiger charge is -2.09. The Bertz CT molecular complexity index is 68.9. The quantitative estimate of drug-likeness (QED) is 0.547. The topological polar surface area (TPSA) is 36.2 Å². The standard InChI is InChI=1S/C6H14N2/c1-4-6(8-7)5(2)3/h5-7H,4H2,1-3H3. The van der Waals surface area contributed by atoms with Crippen LogP contribution >= 0.6 is 0 Å². The van der Waals surface area contributed by atoms with Gasteiger partial charge in [0.15, 0.2) is 0 Å². The number of rotatable bonds is 3. The summed E-state index contributed by atoms with van der Waals surface area (Å²) in [7, 11) is 0. The zero-order valence-electron chi connectivity index (χ0n) is 5.81. The van der Waals surface area contributed by atoms with E-state index in [1.165, 1.54) is 0 Å². The Morgan fingerprint density at radius 3 is 2.00 bits per heavy atom. The van der Waals surface area contributed by atoms with Crippen LogP contribution in [0, 0.1) is 11.4 Å². The maximum absolute atomic E-state index is 6.72. The van der Waals surface area contributed by atoms with Crippen molar-refractivity contribution in [1.82, 2.24) is 0 Å². The van der Waals surface area contributed by atoms with Gasteiger partial charge in [-0.15, -0.1) is 0 Å². The highest BCUT2D eigenvalue weighted by atomic mass is 15.0. The van der Waals surface area contributed by atoms with Crippen molar-refractivity contribution in [3.63, 3.8) is 0 Å². The van der Waals surface area contributed by atoms with Crippen molar-refractivity contribution < 1.29 is 0 Å². The van der Waals surface area contributed by atoms with E-state index in [1.54, 1.807) is 0 Å². The first-order valence-corrected chi connectivity index (χ1v) is 3.09. The zero-order valence-corrected chi connectivity index (χ0v) is 5.81. The van der Waals surface area contributed by atoms with Gasteiger partial charge in [-0.25, -0.2) is 5.53 Å². The molecule has 48 valence electrons. The number of hydrogen-bond acceptors (Lipinski definition) is 2. The van der Waals surface area contributed by atoms with Crippen molar-refractivity contribution in [2.45, 2.75) is 33.2 Å². The minimum atomic E-state index is 0.245. The van der Waals surface area contributed by atoms with Crippen LogP contribution in [-0.4, -0.2) is 6.04 Å². The molecule has 0 radical (unpaired) electrons. The lowest BCUT2D eigenvalue weighted by molar-refractivity contribution is 0.458. The van der Waals surface area contributed by atoms with Crippen LogP contribution in [0.2, 0.25) is 0 Å². The molecule has 1 atom stereocenters. The normalized spacial score (nSPS) is 14.0. The van der Waals surface area contributed by atoms with Gasteiger partial charge in [0.25, 0.3) is 0 Å². The summed E-state index contributed by atoms with van der Waals surface area (Å²) >= 11 is 0. The molecule has 0 aliphatic rings. The molecule has 1 N–H and O–H groups in total. The fraction of sp³-hybridized carbons (Fsp3) is 1.00. The zero-order chi connectivity index (χ0) is 6.57. The Kier molecular flexibility index (Phi) is 3.40. The molecule has 0 aromatic rings. The summed E-state index contributed by atoms with van der Waals surface area (Å²) in [6.07, 6.45) is 0.987. The molecule has 0 amide bonds. The van der Waals surface area contributed by atoms with Crippen molar-refractivity contribution in [3.8, 4) is 0 Å². The highest BCUT2D eigenvalue weighted by Gasteiger charge is 2.06. The molecular weight excluding hydrogens is 100 g/mol. The Labute approximate surface area is 50.8 Å². The third-order valence-electron chi connectivity index (χ3n) is 1.35. The maximum atomic E-state index is 6.72. The first kappa shape index (κ1) is 7.60. The molecule has 1 unspecified atom stereocenters. The molecule has 0 heterocycles. The molecule has 0 spiro atoms. The summed E-state index contributed by atoms with van der Waals surface area (Å²) in [6, 6.07) is 0.245. The van der Waals surface area contributed by atoms with E-state index in [9.17, 15) is 0 Å². The molecule has 0 saturated heterocycles. The summed E-state index contributed by atoms with van der Waals surface area (Å²) < 4.78 is 0. The molecule has 2 heteroatoms. The van der Waals surface area contributed by atoms with Gasteiger partial charge in [-0.2, -0.15) is 5.11 Å². The number of nitrogens with zero attached hydrogens (tertiary/aromatic N) is 1. The summed E-state index contributed by atoms with van der Waals surface area (Å²) in [6.45, 7) is 6.24. The fourth-order valence-electron chi connectivity index (χ4n) is 0.712. The Morgan fingerprint density at radius 1 is 1.50 bits per heavy atom. The lowest BCUT2D eigenvalue weighted by Crippen LogP contribution is -2.09. The molecule has 0 aliphatic carbocycles. The smallest absolute Gasteiger partial charge is 0.0726 e. The van der Waals surface area contributed by atoms with Gasteiger partial charge in [-0.05, 0) is 12.3 Å². The van der Waals surface area contributed by atoms with Crippen molar-refractivity contribution in [2.75, 3.05) is 0 Å². The Morgan fingerprint density at radius 2 is 2.00 bits per heavy atom. The predicted molar refractivity (Wildman–Crippen MR) is 34.1 cm³/mol. The minimum absolute atomic E-state index is 0.245. The van der Waals surface area contributed by atoms with Crippen LogP contribution in [0.25, 0.3) is 0 Å². The monoisotopic (exact) mass is 114 g/mol. The van der Waals surface area contributed by atoms with Gasteiger partial charge in [0.2, 0.25) is 0 Å². The molecule has 0 rings (SSSR count). The van der Waals surface area contributed by atoms with Crippen LogP contribution in [0.15, 0.2) is 5.11 Å². The van der Waals surface area contributed by atoms with Gasteiger partial charge in [0.05, 0.1) is 6.04 Å². The predicted octanol–water partition coefficient (Wildman–Crippen LogP) is 2.45. The molecule has 0 aromatic heterocycles. The summed E-state index contributed by atoms with van der Waals surface area (Å²) in [5.74, 6) is 0.525. The van der Waals surface area contributed by atoms with Crippen LogP contribution in [0.5, 0.6) is 0 Å². The second-order valence-corrected chi connectivity index (χ2v) is 2.35. The molecule has 0 saturated carbocycles. The average Bonchev–Trinajstić information content (AvgIpc) is 1.69. The Balaban J connectivity index is 3.51. The van der Waals surface area contributed by atoms with Crippen molar-refractivity contribution in [2.24, 2.45) is 11.0 Å². The lowest BCUT2D eigenvalue weighted by atomic mass is 10.0. The Hall–Kier alpha value is -0.400. The van der Waals surface area contributed by atoms with Gasteiger partial charge < -0.3 is 0 Å². The van der Waals surface area contributed by atoms with Crippen molar-refractivity contribution in [1.29, 1.82) is 5.53 Å². The van der Waals surface area contributed by atoms with E-state index in [2.05, 4.69) is 25.9 Å². The van der Waals surface area contributed by atoms with Crippen LogP contribution in [0.3, 0.4) is 0 Å². The molecular formula is C6H14N2. The highest BCUT2D eigenvalue weighted by molar-refractivity contribution is 4.63. The minimum Gasteiger partial charge on any atom is -0.210 e. The van der Waals surface area contributed by atoms with E-state index >= 15 is 0 Å². The van der Waals surface area contributed by atoms with Gasteiger partial charge in [0, 0.05) is 0 Å². The van der Waals surface area contributed by atoms with Crippen LogP contribution in [0.1, 0.15) is 27.2 Å². The van der Waals surface area contributed by atoms with Crippen LogP contribution < -0.4 is 0 Å². The van der Waals surface area contributed by atoms with Gasteiger partial charge in [-0.3, -0.25) is 0 Å². The summed E-state index contributed by atoms with van der Waals surface area (Å²) in [4.78, 5) is 0. The van der Waals surface area contributed by atoms with E-state index in [0.717, 1.165) is 6.42 Å². The molecule has 0 fully saturated rings. The molecule has 0 bridgehead atoms. The van der Waals surface area contributed by atoms with Crippen molar-refractivity contribution >= 4 is 0 Å². The SMILES string of the molecule is CCC(N=N)C(C)C. The third-order valence-corrected chi connectivity index (χ3v) is 1.35. The number of hydrogen-bond donors (Lipinski definition) is 1. The number of nitrogens with one attached hydrogen (secondary N) is 1. The summed E-state index contributed by atoms with van der Waals surface area (Å²) in [5.41, 5.74) is 6.72. The molecule has 0 aromatic carbocycles. The average molecular weight is 114 g/mol. The molecule has 2 nitrogen and oxygen atoms in total. The van der Waals surface area contributed by atoms with E-state index in [0.29, 0.717) is 5.92 Å². The second kappa shape index (κ2) is 3.58. The van der Waals surface area contributed by atoms with Gasteiger partial charge >= 0.3 is 0 Å². The molecule has 8 heavy (non-hydrogen) atoms. The van der Waals surface area contributed by atoms with Crippen molar-refractivity contribution in [3.05, 3.63) is 0 Å². The van der Waals surface area contributed by atoms with Gasteiger partial charge in [0.1, 0.15) is 0 Å². The summed E-state index contributed by atoms with van der Waals surface area (Å²) in [5, 5.41) is 3.46.